The zero-order valence-electron chi connectivity index (χ0n) is 20.4. The monoisotopic (exact) mass is 503 g/mol. The fourth-order valence-corrected chi connectivity index (χ4v) is 5.06. The highest BCUT2D eigenvalue weighted by Crippen LogP contribution is 2.29. The Kier molecular flexibility index (Phi) is 11.6. The number of ether oxygens (including phenoxy) is 1. The number of fused-ring (bicyclic) bond motifs is 2. The number of sulfonamides is 1. The Morgan fingerprint density at radius 3 is 2.60 bits per heavy atom. The van der Waals surface area contributed by atoms with Crippen LogP contribution in [0.2, 0.25) is 0 Å². The Balaban J connectivity index is 0.00000298. The molecule has 2 aliphatic heterocycles. The first-order chi connectivity index (χ1) is 16.5. The number of carbonyl (C=O) groups is 2. The molecule has 35 heavy (non-hydrogen) atoms. The van der Waals surface area contributed by atoms with Gasteiger partial charge in [-0.1, -0.05) is 43.0 Å². The van der Waals surface area contributed by atoms with Crippen LogP contribution in [0.3, 0.4) is 0 Å². The fourth-order valence-electron chi connectivity index (χ4n) is 3.65. The van der Waals surface area contributed by atoms with Crippen molar-refractivity contribution in [2.24, 2.45) is 5.92 Å². The third kappa shape index (κ3) is 7.62. The Labute approximate surface area is 207 Å². The number of carboxylic acid groups (broad SMARTS) is 1. The molecular weight excluding hydrogens is 470 g/mol. The standard InChI is InChI=1S/C23H29N3O6S.C2H4/c1-5-7-8-9-18-10-11-33(30,31)25-14-17(4)32-21(15-25)26(22(18)27)20(6-2)19(23(28)29)12-16(3)13-24;1-2/h5-8,10,12,16-17,21H,1,9,11,14-15H2,2-4H3,(H,28,29);1-2H2/b8-7-,18-10+,19-12+,20-6+;. The molecule has 1 N–H and O–H groups in total. The van der Waals surface area contributed by atoms with Gasteiger partial charge in [-0.15, -0.1) is 13.2 Å². The molecule has 0 radical (unpaired) electrons. The zero-order chi connectivity index (χ0) is 26.8. The maximum atomic E-state index is 13.7. The van der Waals surface area contributed by atoms with E-state index >= 15 is 0 Å². The lowest BCUT2D eigenvalue weighted by Crippen LogP contribution is -2.56. The van der Waals surface area contributed by atoms with Crippen LogP contribution >= 0.6 is 0 Å². The van der Waals surface area contributed by atoms with Gasteiger partial charge in [0.2, 0.25) is 10.0 Å². The van der Waals surface area contributed by atoms with E-state index in [0.29, 0.717) is 0 Å². The molecule has 4 atom stereocenters. The van der Waals surface area contributed by atoms with Crippen LogP contribution < -0.4 is 0 Å². The molecule has 4 unspecified atom stereocenters. The Morgan fingerprint density at radius 2 is 2.06 bits per heavy atom. The first-order valence-corrected chi connectivity index (χ1v) is 12.6. The molecule has 2 heterocycles. The summed E-state index contributed by atoms with van der Waals surface area (Å²) in [4.78, 5) is 27.0. The van der Waals surface area contributed by atoms with Crippen LogP contribution in [-0.4, -0.2) is 65.8 Å². The van der Waals surface area contributed by atoms with Crippen molar-refractivity contribution in [2.75, 3.05) is 18.8 Å². The van der Waals surface area contributed by atoms with Gasteiger partial charge in [-0.05, 0) is 27.2 Å². The Morgan fingerprint density at radius 1 is 1.40 bits per heavy atom. The normalized spacial score (nSPS) is 27.1. The summed E-state index contributed by atoms with van der Waals surface area (Å²) in [5.74, 6) is -2.97. The molecule has 2 rings (SSSR count). The summed E-state index contributed by atoms with van der Waals surface area (Å²) in [5, 5.41) is 19.1. The van der Waals surface area contributed by atoms with E-state index in [1.165, 1.54) is 40.4 Å². The summed E-state index contributed by atoms with van der Waals surface area (Å²) < 4.78 is 33.1. The van der Waals surface area contributed by atoms with Crippen molar-refractivity contribution in [2.45, 2.75) is 39.5 Å². The summed E-state index contributed by atoms with van der Waals surface area (Å²) in [6.07, 6.45) is 7.46. The van der Waals surface area contributed by atoms with Crippen molar-refractivity contribution in [3.05, 3.63) is 73.0 Å². The molecule has 9 nitrogen and oxygen atoms in total. The first kappa shape index (κ1) is 29.8. The zero-order valence-corrected chi connectivity index (χ0v) is 21.2. The number of carbonyl (C=O) groups excluding carboxylic acids is 1. The van der Waals surface area contributed by atoms with E-state index in [9.17, 15) is 28.4 Å². The Hall–Kier alpha value is -3.26. The fraction of sp³-hybridized carbons (Fsp3) is 0.400. The van der Waals surface area contributed by atoms with Gasteiger partial charge in [0, 0.05) is 12.1 Å². The number of amides is 1. The molecule has 1 fully saturated rings. The van der Waals surface area contributed by atoms with E-state index in [2.05, 4.69) is 19.7 Å². The van der Waals surface area contributed by atoms with E-state index in [1.807, 2.05) is 6.07 Å². The smallest absolute Gasteiger partial charge is 0.337 e. The van der Waals surface area contributed by atoms with Crippen LogP contribution in [0.5, 0.6) is 0 Å². The summed E-state index contributed by atoms with van der Waals surface area (Å²) >= 11 is 0. The molecule has 0 aromatic rings. The summed E-state index contributed by atoms with van der Waals surface area (Å²) in [7, 11) is -3.71. The second kappa shape index (κ2) is 13.6. The quantitative estimate of drug-likeness (QED) is 0.321. The number of allylic oxidation sites excluding steroid dienone is 5. The lowest BCUT2D eigenvalue weighted by Gasteiger charge is -2.41. The minimum Gasteiger partial charge on any atom is -0.478 e. The maximum absolute atomic E-state index is 13.7. The van der Waals surface area contributed by atoms with Gasteiger partial charge in [-0.25, -0.2) is 13.2 Å². The van der Waals surface area contributed by atoms with Gasteiger partial charge in [0.15, 0.2) is 6.23 Å². The van der Waals surface area contributed by atoms with Crippen LogP contribution in [-0.2, 0) is 24.3 Å². The van der Waals surface area contributed by atoms with E-state index in [0.717, 1.165) is 0 Å². The highest BCUT2D eigenvalue weighted by atomic mass is 32.2. The van der Waals surface area contributed by atoms with Crippen molar-refractivity contribution in [1.29, 1.82) is 5.26 Å². The molecule has 10 heteroatoms. The van der Waals surface area contributed by atoms with Gasteiger partial charge < -0.3 is 9.84 Å². The molecular formula is C25H33N3O6S. The van der Waals surface area contributed by atoms with Gasteiger partial charge in [-0.2, -0.15) is 9.57 Å². The second-order valence-corrected chi connectivity index (χ2v) is 9.76. The molecule has 0 spiro atoms. The lowest BCUT2D eigenvalue weighted by molar-refractivity contribution is -0.152. The largest absolute Gasteiger partial charge is 0.478 e. The number of nitriles is 1. The third-order valence-corrected chi connectivity index (χ3v) is 6.87. The SMILES string of the molecule is C=C.C=C/C=C\C/C1=C\CS(=O)(=O)N2CC(C)OC(C2)N(C(=C/C)/C(=C\C(C)C#N)C(=O)O)C1=O. The second-order valence-electron chi connectivity index (χ2n) is 7.75. The van der Waals surface area contributed by atoms with Crippen molar-refractivity contribution in [3.8, 4) is 6.07 Å². The molecule has 2 aliphatic rings. The van der Waals surface area contributed by atoms with Crippen LogP contribution in [0.1, 0.15) is 27.2 Å². The molecule has 2 bridgehead atoms. The Bertz CT molecular complexity index is 1080. The predicted octanol–water partition coefficient (Wildman–Crippen LogP) is 3.14. The van der Waals surface area contributed by atoms with E-state index in [-0.39, 0.29) is 42.1 Å². The average molecular weight is 504 g/mol. The van der Waals surface area contributed by atoms with Crippen molar-refractivity contribution in [3.63, 3.8) is 0 Å². The number of aliphatic carboxylic acids is 1. The number of nitrogens with zero attached hydrogens (tertiary/aromatic N) is 3. The van der Waals surface area contributed by atoms with Gasteiger partial charge >= 0.3 is 5.97 Å². The number of hydrogen-bond donors (Lipinski definition) is 1. The lowest BCUT2D eigenvalue weighted by atomic mass is 10.0. The summed E-state index contributed by atoms with van der Waals surface area (Å²) in [6.45, 7) is 14.4. The molecule has 0 aromatic carbocycles. The molecule has 190 valence electrons. The van der Waals surface area contributed by atoms with Gasteiger partial charge in [0.25, 0.3) is 5.91 Å². The average Bonchev–Trinajstić information content (AvgIpc) is 2.85. The van der Waals surface area contributed by atoms with Crippen LogP contribution in [0.15, 0.2) is 73.0 Å². The van der Waals surface area contributed by atoms with Crippen molar-refractivity contribution >= 4 is 21.9 Å². The van der Waals surface area contributed by atoms with Crippen molar-refractivity contribution in [1.82, 2.24) is 9.21 Å². The van der Waals surface area contributed by atoms with E-state index in [4.69, 9.17) is 4.74 Å². The number of hydrogen-bond acceptors (Lipinski definition) is 6. The van der Waals surface area contributed by atoms with Gasteiger partial charge in [-0.3, -0.25) is 9.69 Å². The topological polar surface area (TPSA) is 128 Å². The third-order valence-electron chi connectivity index (χ3n) is 5.19. The molecule has 0 saturated carbocycles. The van der Waals surface area contributed by atoms with Crippen LogP contribution in [0.4, 0.5) is 0 Å². The molecule has 0 aromatic heterocycles. The van der Waals surface area contributed by atoms with Gasteiger partial charge in [0.1, 0.15) is 0 Å². The van der Waals surface area contributed by atoms with Crippen LogP contribution in [0.25, 0.3) is 0 Å². The van der Waals surface area contributed by atoms with Crippen molar-refractivity contribution < 1.29 is 27.9 Å². The summed E-state index contributed by atoms with van der Waals surface area (Å²) in [5.41, 5.74) is -0.0259. The predicted molar refractivity (Wildman–Crippen MR) is 134 cm³/mol. The maximum Gasteiger partial charge on any atom is 0.337 e. The molecule has 1 amide bonds. The number of rotatable bonds is 7. The first-order valence-electron chi connectivity index (χ1n) is 11.0. The van der Waals surface area contributed by atoms with E-state index < -0.39 is 40.1 Å². The highest BCUT2D eigenvalue weighted by Gasteiger charge is 2.41. The van der Waals surface area contributed by atoms with E-state index in [1.54, 1.807) is 26.0 Å². The number of morpholine rings is 1. The molecule has 1 saturated heterocycles. The van der Waals surface area contributed by atoms with Crippen LogP contribution in [0, 0.1) is 17.2 Å². The number of carboxylic acids is 1. The highest BCUT2D eigenvalue weighted by molar-refractivity contribution is 7.89. The van der Waals surface area contributed by atoms with Gasteiger partial charge in [0.05, 0.1) is 41.7 Å². The summed E-state index contributed by atoms with van der Waals surface area (Å²) in [6, 6.07) is 1.96. The molecule has 0 aliphatic carbocycles. The minimum atomic E-state index is -3.71. The minimum absolute atomic E-state index is 0.0338.